The molecule has 0 radical (unpaired) electrons. The normalized spacial score (nSPS) is 25.4. The van der Waals surface area contributed by atoms with Crippen molar-refractivity contribution in [1.82, 2.24) is 4.98 Å². The molecule has 5 nitrogen and oxygen atoms in total. The van der Waals surface area contributed by atoms with Gasteiger partial charge in [-0.3, -0.25) is 0 Å². The minimum absolute atomic E-state index is 0.152. The van der Waals surface area contributed by atoms with E-state index in [0.29, 0.717) is 23.3 Å². The Hall–Kier alpha value is -0.850. The number of aliphatic carboxylic acids is 1. The number of carboxylic acid groups (broad SMARTS) is 1. The zero-order valence-corrected chi connectivity index (χ0v) is 9.27. The van der Waals surface area contributed by atoms with Gasteiger partial charge in [0.25, 0.3) is 0 Å². The Kier molecular flexibility index (Phi) is 2.81. The van der Waals surface area contributed by atoms with Crippen molar-refractivity contribution >= 4 is 34.0 Å². The van der Waals surface area contributed by atoms with E-state index in [9.17, 15) is 4.79 Å². The molecule has 1 aromatic rings. The molecule has 0 bridgehead atoms. The highest BCUT2D eigenvalue weighted by molar-refractivity contribution is 7.14. The maximum atomic E-state index is 11.1. The number of halogens is 1. The largest absolute Gasteiger partial charge is 0.479 e. The fourth-order valence-electron chi connectivity index (χ4n) is 1.40. The van der Waals surface area contributed by atoms with Crippen LogP contribution in [-0.4, -0.2) is 34.8 Å². The Morgan fingerprint density at radius 2 is 2.60 bits per heavy atom. The van der Waals surface area contributed by atoms with Crippen molar-refractivity contribution < 1.29 is 14.6 Å². The topological polar surface area (TPSA) is 71.5 Å². The van der Waals surface area contributed by atoms with Crippen LogP contribution in [0.25, 0.3) is 0 Å². The van der Waals surface area contributed by atoms with Gasteiger partial charge >= 0.3 is 5.97 Å². The van der Waals surface area contributed by atoms with Crippen LogP contribution in [0.1, 0.15) is 6.42 Å². The number of anilines is 1. The number of nitrogens with zero attached hydrogens (tertiary/aromatic N) is 1. The fourth-order valence-corrected chi connectivity index (χ4v) is 2.34. The van der Waals surface area contributed by atoms with E-state index in [1.54, 1.807) is 5.38 Å². The van der Waals surface area contributed by atoms with Gasteiger partial charge in [0.05, 0.1) is 6.61 Å². The number of carboxylic acids is 1. The number of rotatable bonds is 3. The molecule has 0 aromatic carbocycles. The van der Waals surface area contributed by atoms with E-state index in [1.807, 2.05) is 0 Å². The van der Waals surface area contributed by atoms with Crippen LogP contribution in [0.15, 0.2) is 5.38 Å². The van der Waals surface area contributed by atoms with Crippen molar-refractivity contribution in [1.29, 1.82) is 0 Å². The van der Waals surface area contributed by atoms with Crippen LogP contribution < -0.4 is 5.32 Å². The predicted molar refractivity (Wildman–Crippen MR) is 56.5 cm³/mol. The Bertz CT molecular complexity index is 376. The summed E-state index contributed by atoms with van der Waals surface area (Å²) in [5.41, 5.74) is -1.05. The lowest BCUT2D eigenvalue weighted by Crippen LogP contribution is -2.46. The maximum Gasteiger partial charge on any atom is 0.331 e. The first-order valence-corrected chi connectivity index (χ1v) is 5.58. The molecule has 1 aliphatic heterocycles. The van der Waals surface area contributed by atoms with Crippen molar-refractivity contribution in [2.24, 2.45) is 0 Å². The molecule has 0 spiro atoms. The van der Waals surface area contributed by atoms with Gasteiger partial charge in [0, 0.05) is 18.4 Å². The van der Waals surface area contributed by atoms with E-state index in [1.165, 1.54) is 11.3 Å². The van der Waals surface area contributed by atoms with Gasteiger partial charge < -0.3 is 15.2 Å². The van der Waals surface area contributed by atoms with E-state index in [2.05, 4.69) is 10.3 Å². The predicted octanol–water partition coefficient (Wildman–Crippen LogP) is 1.45. The summed E-state index contributed by atoms with van der Waals surface area (Å²) in [6.45, 7) is 0.595. The van der Waals surface area contributed by atoms with E-state index in [4.69, 9.17) is 21.4 Å². The summed E-state index contributed by atoms with van der Waals surface area (Å²) in [5, 5.41) is 14.5. The molecule has 1 fully saturated rings. The van der Waals surface area contributed by atoms with Crippen LogP contribution in [-0.2, 0) is 9.53 Å². The van der Waals surface area contributed by atoms with Gasteiger partial charge in [-0.15, -0.1) is 11.3 Å². The third kappa shape index (κ3) is 2.06. The Labute approximate surface area is 95.0 Å². The number of nitrogens with one attached hydrogen (secondary N) is 1. The molecule has 1 unspecified atom stereocenters. The average Bonchev–Trinajstić information content (AvgIpc) is 2.77. The maximum absolute atomic E-state index is 11.1. The highest BCUT2D eigenvalue weighted by Crippen LogP contribution is 2.27. The number of hydrogen-bond acceptors (Lipinski definition) is 5. The zero-order chi connectivity index (χ0) is 10.9. The molecule has 2 N–H and O–H groups in total. The molecule has 1 saturated heterocycles. The SMILES string of the molecule is O=C(O)C1(Nc2nc(Cl)cs2)CCOC1. The highest BCUT2D eigenvalue weighted by Gasteiger charge is 2.43. The molecular formula is C8H9ClN2O3S. The first kappa shape index (κ1) is 10.7. The lowest BCUT2D eigenvalue weighted by atomic mass is 10.00. The first-order chi connectivity index (χ1) is 7.12. The van der Waals surface area contributed by atoms with Crippen molar-refractivity contribution in [2.45, 2.75) is 12.0 Å². The number of carbonyl (C=O) groups is 1. The first-order valence-electron chi connectivity index (χ1n) is 4.33. The third-order valence-corrected chi connectivity index (χ3v) is 3.33. The second-order valence-corrected chi connectivity index (χ2v) is 4.54. The molecule has 7 heteroatoms. The Balaban J connectivity index is 2.17. The molecule has 0 saturated carbocycles. The summed E-state index contributed by atoms with van der Waals surface area (Å²) >= 11 is 6.93. The van der Waals surface area contributed by atoms with Gasteiger partial charge in [-0.05, 0) is 0 Å². The van der Waals surface area contributed by atoms with Crippen LogP contribution in [0.5, 0.6) is 0 Å². The molecule has 1 atom stereocenters. The average molecular weight is 249 g/mol. The second-order valence-electron chi connectivity index (χ2n) is 3.29. The molecule has 2 rings (SSSR count). The number of thiazole rings is 1. The van der Waals surface area contributed by atoms with Crippen molar-refractivity contribution in [3.05, 3.63) is 10.5 Å². The highest BCUT2D eigenvalue weighted by atomic mass is 35.5. The van der Waals surface area contributed by atoms with E-state index in [-0.39, 0.29) is 6.61 Å². The summed E-state index contributed by atoms with van der Waals surface area (Å²) in [4.78, 5) is 15.1. The molecule has 1 aromatic heterocycles. The van der Waals surface area contributed by atoms with Crippen LogP contribution in [0, 0.1) is 0 Å². The smallest absolute Gasteiger partial charge is 0.331 e. The van der Waals surface area contributed by atoms with Gasteiger partial charge in [-0.25, -0.2) is 9.78 Å². The van der Waals surface area contributed by atoms with Crippen molar-refractivity contribution in [3.8, 4) is 0 Å². The summed E-state index contributed by atoms with van der Waals surface area (Å²) < 4.78 is 5.10. The lowest BCUT2D eigenvalue weighted by molar-refractivity contribution is -0.142. The summed E-state index contributed by atoms with van der Waals surface area (Å²) in [5.74, 6) is -0.925. The van der Waals surface area contributed by atoms with Gasteiger partial charge in [0.2, 0.25) is 0 Å². The van der Waals surface area contributed by atoms with Gasteiger partial charge in [-0.2, -0.15) is 0 Å². The fraction of sp³-hybridized carbons (Fsp3) is 0.500. The van der Waals surface area contributed by atoms with Gasteiger partial charge in [-0.1, -0.05) is 11.6 Å². The summed E-state index contributed by atoms with van der Waals surface area (Å²) in [6.07, 6.45) is 0.430. The second kappa shape index (κ2) is 3.96. The third-order valence-electron chi connectivity index (χ3n) is 2.25. The number of aromatic nitrogens is 1. The van der Waals surface area contributed by atoms with Crippen LogP contribution in [0.4, 0.5) is 5.13 Å². The summed E-state index contributed by atoms with van der Waals surface area (Å²) in [7, 11) is 0. The quantitative estimate of drug-likeness (QED) is 0.847. The molecule has 2 heterocycles. The minimum atomic E-state index is -1.05. The van der Waals surface area contributed by atoms with Gasteiger partial charge in [0.1, 0.15) is 5.15 Å². The van der Waals surface area contributed by atoms with Crippen LogP contribution in [0.3, 0.4) is 0 Å². The standard InChI is InChI=1S/C8H9ClN2O3S/c9-5-3-15-7(10-5)11-8(6(12)13)1-2-14-4-8/h3H,1-2,4H2,(H,10,11)(H,12,13). The lowest BCUT2D eigenvalue weighted by Gasteiger charge is -2.22. The Morgan fingerprint density at radius 1 is 1.80 bits per heavy atom. The van der Waals surface area contributed by atoms with E-state index >= 15 is 0 Å². The molecule has 82 valence electrons. The van der Waals surface area contributed by atoms with Crippen molar-refractivity contribution in [2.75, 3.05) is 18.5 Å². The molecule has 15 heavy (non-hydrogen) atoms. The van der Waals surface area contributed by atoms with Gasteiger partial charge in [0.15, 0.2) is 10.7 Å². The molecule has 1 aliphatic rings. The van der Waals surface area contributed by atoms with Crippen LogP contribution in [0.2, 0.25) is 5.15 Å². The van der Waals surface area contributed by atoms with E-state index in [0.717, 1.165) is 0 Å². The Morgan fingerprint density at radius 3 is 3.07 bits per heavy atom. The molecule has 0 aliphatic carbocycles. The van der Waals surface area contributed by atoms with Crippen LogP contribution >= 0.6 is 22.9 Å². The minimum Gasteiger partial charge on any atom is -0.479 e. The monoisotopic (exact) mass is 248 g/mol. The number of hydrogen-bond donors (Lipinski definition) is 2. The summed E-state index contributed by atoms with van der Waals surface area (Å²) in [6, 6.07) is 0. The molecule has 0 amide bonds. The number of ether oxygens (including phenoxy) is 1. The molecular weight excluding hydrogens is 240 g/mol. The van der Waals surface area contributed by atoms with E-state index < -0.39 is 11.5 Å². The van der Waals surface area contributed by atoms with Crippen molar-refractivity contribution in [3.63, 3.8) is 0 Å². The zero-order valence-electron chi connectivity index (χ0n) is 7.70.